The SMILES string of the molecule is O=C(NCCCN1C(=O)c2ccccc2C1=O)OCC1c2ccccc2-c2ccccc21. The van der Waals surface area contributed by atoms with Crippen LogP contribution in [0.2, 0.25) is 0 Å². The van der Waals surface area contributed by atoms with E-state index in [0.717, 1.165) is 11.1 Å². The lowest BCUT2D eigenvalue weighted by atomic mass is 9.98. The summed E-state index contributed by atoms with van der Waals surface area (Å²) in [6, 6.07) is 23.1. The van der Waals surface area contributed by atoms with Crippen LogP contribution in [0.3, 0.4) is 0 Å². The molecular formula is C26H22N2O4. The summed E-state index contributed by atoms with van der Waals surface area (Å²) >= 11 is 0. The number of amides is 3. The molecule has 1 aliphatic carbocycles. The molecule has 0 saturated heterocycles. The van der Waals surface area contributed by atoms with E-state index in [1.165, 1.54) is 16.0 Å². The average molecular weight is 426 g/mol. The largest absolute Gasteiger partial charge is 0.449 e. The summed E-state index contributed by atoms with van der Waals surface area (Å²) in [6.07, 6.45) is -0.0513. The van der Waals surface area contributed by atoms with Crippen molar-refractivity contribution >= 4 is 17.9 Å². The molecule has 0 radical (unpaired) electrons. The number of fused-ring (bicyclic) bond motifs is 4. The van der Waals surface area contributed by atoms with Crippen LogP contribution in [0.5, 0.6) is 0 Å². The van der Waals surface area contributed by atoms with Crippen LogP contribution in [0, 0.1) is 0 Å². The molecule has 2 aliphatic rings. The summed E-state index contributed by atoms with van der Waals surface area (Å²) in [4.78, 5) is 38.2. The van der Waals surface area contributed by atoms with Gasteiger partial charge in [0.2, 0.25) is 0 Å². The van der Waals surface area contributed by atoms with Crippen molar-refractivity contribution in [3.05, 3.63) is 95.1 Å². The molecule has 32 heavy (non-hydrogen) atoms. The molecule has 5 rings (SSSR count). The Balaban J connectivity index is 1.12. The molecule has 3 aromatic carbocycles. The maximum absolute atomic E-state index is 12.4. The first-order valence-corrected chi connectivity index (χ1v) is 10.7. The van der Waals surface area contributed by atoms with Gasteiger partial charge in [-0.3, -0.25) is 14.5 Å². The van der Waals surface area contributed by atoms with E-state index in [1.54, 1.807) is 24.3 Å². The van der Waals surface area contributed by atoms with Crippen molar-refractivity contribution in [1.82, 2.24) is 10.2 Å². The number of ether oxygens (including phenoxy) is 1. The number of imide groups is 1. The lowest BCUT2D eigenvalue weighted by molar-refractivity contribution is 0.0653. The fourth-order valence-corrected chi connectivity index (χ4v) is 4.52. The van der Waals surface area contributed by atoms with E-state index in [0.29, 0.717) is 24.1 Å². The predicted octanol–water partition coefficient (Wildman–Crippen LogP) is 4.21. The third-order valence-electron chi connectivity index (χ3n) is 6.05. The normalized spacial score (nSPS) is 14.2. The summed E-state index contributed by atoms with van der Waals surface area (Å²) in [5.74, 6) is -0.565. The smallest absolute Gasteiger partial charge is 0.407 e. The zero-order valence-electron chi connectivity index (χ0n) is 17.4. The van der Waals surface area contributed by atoms with E-state index in [2.05, 4.69) is 29.6 Å². The third kappa shape index (κ3) is 3.43. The Labute approximate surface area is 185 Å². The first kappa shape index (κ1) is 20.0. The van der Waals surface area contributed by atoms with Gasteiger partial charge in [0.25, 0.3) is 11.8 Å². The molecule has 0 aromatic heterocycles. The molecule has 0 bridgehead atoms. The molecule has 0 unspecified atom stereocenters. The second-order valence-corrected chi connectivity index (χ2v) is 7.91. The number of nitrogens with one attached hydrogen (secondary N) is 1. The minimum absolute atomic E-state index is 0.00602. The molecule has 3 aromatic rings. The molecule has 160 valence electrons. The molecule has 1 heterocycles. The number of hydrogen-bond donors (Lipinski definition) is 1. The molecule has 0 spiro atoms. The highest BCUT2D eigenvalue weighted by Crippen LogP contribution is 2.44. The standard InChI is InChI=1S/C26H22N2O4/c29-24-21-12-5-6-13-22(21)25(30)28(24)15-7-14-27-26(31)32-16-23-19-10-3-1-8-17(19)18-9-2-4-11-20(18)23/h1-6,8-13,23H,7,14-16H2,(H,27,31). The van der Waals surface area contributed by atoms with Gasteiger partial charge in [-0.2, -0.15) is 0 Å². The van der Waals surface area contributed by atoms with Gasteiger partial charge in [-0.25, -0.2) is 4.79 Å². The molecule has 6 heteroatoms. The van der Waals surface area contributed by atoms with Gasteiger partial charge in [0.1, 0.15) is 6.61 Å². The quantitative estimate of drug-likeness (QED) is 0.473. The Hall–Kier alpha value is -3.93. The van der Waals surface area contributed by atoms with Crippen molar-refractivity contribution in [3.63, 3.8) is 0 Å². The van der Waals surface area contributed by atoms with E-state index in [4.69, 9.17) is 4.74 Å². The molecule has 1 N–H and O–H groups in total. The van der Waals surface area contributed by atoms with E-state index < -0.39 is 6.09 Å². The molecule has 6 nitrogen and oxygen atoms in total. The van der Waals surface area contributed by atoms with Gasteiger partial charge >= 0.3 is 6.09 Å². The maximum atomic E-state index is 12.4. The first-order chi connectivity index (χ1) is 15.6. The van der Waals surface area contributed by atoms with Crippen molar-refractivity contribution in [2.75, 3.05) is 19.7 Å². The summed E-state index contributed by atoms with van der Waals surface area (Å²) in [7, 11) is 0. The summed E-state index contributed by atoms with van der Waals surface area (Å²) in [5.41, 5.74) is 5.54. The highest BCUT2D eigenvalue weighted by Gasteiger charge is 2.34. The van der Waals surface area contributed by atoms with E-state index in [1.807, 2.05) is 24.3 Å². The Morgan fingerprint density at radius 1 is 0.781 bits per heavy atom. The van der Waals surface area contributed by atoms with E-state index in [-0.39, 0.29) is 30.9 Å². The van der Waals surface area contributed by atoms with Crippen molar-refractivity contribution < 1.29 is 19.1 Å². The van der Waals surface area contributed by atoms with Gasteiger partial charge < -0.3 is 10.1 Å². The lowest BCUT2D eigenvalue weighted by Crippen LogP contribution is -2.34. The highest BCUT2D eigenvalue weighted by molar-refractivity contribution is 6.21. The van der Waals surface area contributed by atoms with Crippen molar-refractivity contribution in [2.45, 2.75) is 12.3 Å². The van der Waals surface area contributed by atoms with Gasteiger partial charge in [0, 0.05) is 19.0 Å². The third-order valence-corrected chi connectivity index (χ3v) is 6.05. The Kier molecular flexibility index (Phi) is 5.19. The Morgan fingerprint density at radius 3 is 1.84 bits per heavy atom. The lowest BCUT2D eigenvalue weighted by Gasteiger charge is -2.16. The zero-order chi connectivity index (χ0) is 22.1. The van der Waals surface area contributed by atoms with Crippen LogP contribution < -0.4 is 5.32 Å². The Bertz CT molecular complexity index is 1140. The van der Waals surface area contributed by atoms with Gasteiger partial charge in [0.05, 0.1) is 11.1 Å². The molecule has 1 aliphatic heterocycles. The number of nitrogens with zero attached hydrogens (tertiary/aromatic N) is 1. The van der Waals surface area contributed by atoms with Crippen LogP contribution in [0.25, 0.3) is 11.1 Å². The predicted molar refractivity (Wildman–Crippen MR) is 119 cm³/mol. The molecule has 0 fully saturated rings. The van der Waals surface area contributed by atoms with Crippen LogP contribution >= 0.6 is 0 Å². The van der Waals surface area contributed by atoms with Crippen LogP contribution in [0.4, 0.5) is 4.79 Å². The number of carbonyl (C=O) groups excluding carboxylic acids is 3. The Morgan fingerprint density at radius 2 is 1.28 bits per heavy atom. The number of hydrogen-bond acceptors (Lipinski definition) is 4. The highest BCUT2D eigenvalue weighted by atomic mass is 16.5. The van der Waals surface area contributed by atoms with Gasteiger partial charge in [0.15, 0.2) is 0 Å². The average Bonchev–Trinajstić information content (AvgIpc) is 3.27. The van der Waals surface area contributed by atoms with Crippen LogP contribution in [-0.2, 0) is 4.74 Å². The second kappa shape index (κ2) is 8.30. The second-order valence-electron chi connectivity index (χ2n) is 7.91. The summed E-state index contributed by atoms with van der Waals surface area (Å²) < 4.78 is 5.51. The van der Waals surface area contributed by atoms with Crippen LogP contribution in [-0.4, -0.2) is 42.5 Å². The first-order valence-electron chi connectivity index (χ1n) is 10.7. The van der Waals surface area contributed by atoms with E-state index >= 15 is 0 Å². The fraction of sp³-hybridized carbons (Fsp3) is 0.192. The van der Waals surface area contributed by atoms with Gasteiger partial charge in [-0.05, 0) is 40.8 Å². The number of carbonyl (C=O) groups is 3. The molecule has 0 atom stereocenters. The molecule has 0 saturated carbocycles. The van der Waals surface area contributed by atoms with Crippen molar-refractivity contribution in [3.8, 4) is 11.1 Å². The number of rotatable bonds is 6. The van der Waals surface area contributed by atoms with Gasteiger partial charge in [-0.15, -0.1) is 0 Å². The monoisotopic (exact) mass is 426 g/mol. The fourth-order valence-electron chi connectivity index (χ4n) is 4.52. The maximum Gasteiger partial charge on any atom is 0.407 e. The van der Waals surface area contributed by atoms with Gasteiger partial charge in [-0.1, -0.05) is 60.7 Å². The van der Waals surface area contributed by atoms with Crippen LogP contribution in [0.15, 0.2) is 72.8 Å². The molecular weight excluding hydrogens is 404 g/mol. The number of benzene rings is 3. The minimum atomic E-state index is -0.505. The summed E-state index contributed by atoms with van der Waals surface area (Å²) in [5, 5.41) is 2.72. The van der Waals surface area contributed by atoms with Crippen molar-refractivity contribution in [2.24, 2.45) is 0 Å². The molecule has 3 amide bonds. The minimum Gasteiger partial charge on any atom is -0.449 e. The van der Waals surface area contributed by atoms with Crippen LogP contribution in [0.1, 0.15) is 44.2 Å². The van der Waals surface area contributed by atoms with E-state index in [9.17, 15) is 14.4 Å². The summed E-state index contributed by atoms with van der Waals surface area (Å²) in [6.45, 7) is 0.804. The van der Waals surface area contributed by atoms with Crippen molar-refractivity contribution in [1.29, 1.82) is 0 Å². The zero-order valence-corrected chi connectivity index (χ0v) is 17.4. The number of alkyl carbamates (subject to hydrolysis) is 1. The topological polar surface area (TPSA) is 75.7 Å².